The molecule has 0 saturated carbocycles. The fourth-order valence-electron chi connectivity index (χ4n) is 1.79. The van der Waals surface area contributed by atoms with Crippen LogP contribution in [0.4, 0.5) is 5.69 Å². The number of nitrogens with zero attached hydrogens (tertiary/aromatic N) is 1. The minimum atomic E-state index is -0.762. The third kappa shape index (κ3) is 3.88. The Kier molecular flexibility index (Phi) is 5.37. The number of aliphatic hydroxyl groups is 2. The van der Waals surface area contributed by atoms with E-state index in [4.69, 9.17) is 10.4 Å². The summed E-state index contributed by atoms with van der Waals surface area (Å²) in [5.74, 6) is 0. The molecule has 0 fully saturated rings. The van der Waals surface area contributed by atoms with Crippen LogP contribution in [0, 0.1) is 25.2 Å². The number of aliphatic hydroxyl groups excluding tert-OH is 2. The van der Waals surface area contributed by atoms with Crippen LogP contribution >= 0.6 is 0 Å². The molecule has 0 heterocycles. The van der Waals surface area contributed by atoms with Gasteiger partial charge >= 0.3 is 0 Å². The van der Waals surface area contributed by atoms with Crippen molar-refractivity contribution in [3.8, 4) is 6.07 Å². The van der Waals surface area contributed by atoms with Gasteiger partial charge in [0.15, 0.2) is 0 Å². The molecule has 3 N–H and O–H groups in total. The van der Waals surface area contributed by atoms with Crippen molar-refractivity contribution < 1.29 is 10.2 Å². The highest BCUT2D eigenvalue weighted by molar-refractivity contribution is 5.64. The Balaban J connectivity index is 2.88. The van der Waals surface area contributed by atoms with E-state index < -0.39 is 6.10 Å². The molecule has 1 aromatic carbocycles. The summed E-state index contributed by atoms with van der Waals surface area (Å²) in [7, 11) is 0. The molecule has 0 aliphatic heterocycles. The standard InChI is InChI=1S/C14H18N2O2/c1-10-6-12(4-3-5-15)7-11(2)14(10)16-8-13(18)9-17/h3-4,6-7,13,16-18H,8-9H2,1-2H3. The Morgan fingerprint density at radius 3 is 2.50 bits per heavy atom. The van der Waals surface area contributed by atoms with Gasteiger partial charge in [-0.25, -0.2) is 0 Å². The monoisotopic (exact) mass is 246 g/mol. The van der Waals surface area contributed by atoms with Crippen LogP contribution in [0.2, 0.25) is 0 Å². The van der Waals surface area contributed by atoms with E-state index in [0.717, 1.165) is 22.4 Å². The van der Waals surface area contributed by atoms with Crippen molar-refractivity contribution in [2.75, 3.05) is 18.5 Å². The van der Waals surface area contributed by atoms with Crippen LogP contribution < -0.4 is 5.32 Å². The summed E-state index contributed by atoms with van der Waals surface area (Å²) in [6.45, 7) is 3.98. The number of hydrogen-bond acceptors (Lipinski definition) is 4. The Bertz CT molecular complexity index is 452. The molecule has 0 bridgehead atoms. The minimum Gasteiger partial charge on any atom is -0.394 e. The predicted molar refractivity (Wildman–Crippen MR) is 72.1 cm³/mol. The molecule has 1 aromatic rings. The van der Waals surface area contributed by atoms with Gasteiger partial charge in [-0.3, -0.25) is 0 Å². The zero-order valence-electron chi connectivity index (χ0n) is 10.6. The third-order valence-electron chi connectivity index (χ3n) is 2.63. The summed E-state index contributed by atoms with van der Waals surface area (Å²) in [5, 5.41) is 29.7. The number of nitrogens with one attached hydrogen (secondary N) is 1. The molecule has 18 heavy (non-hydrogen) atoms. The molecular weight excluding hydrogens is 228 g/mol. The van der Waals surface area contributed by atoms with Crippen molar-refractivity contribution >= 4 is 11.8 Å². The molecule has 0 radical (unpaired) electrons. The van der Waals surface area contributed by atoms with Gasteiger partial charge in [0, 0.05) is 18.3 Å². The predicted octanol–water partition coefficient (Wildman–Crippen LogP) is 1.61. The van der Waals surface area contributed by atoms with E-state index in [1.807, 2.05) is 32.0 Å². The van der Waals surface area contributed by atoms with E-state index in [2.05, 4.69) is 5.32 Å². The van der Waals surface area contributed by atoms with Crippen molar-refractivity contribution in [1.82, 2.24) is 0 Å². The number of rotatable bonds is 5. The fraction of sp³-hybridized carbons (Fsp3) is 0.357. The van der Waals surface area contributed by atoms with Gasteiger partial charge < -0.3 is 15.5 Å². The molecule has 1 atom stereocenters. The second kappa shape index (κ2) is 6.80. The number of hydrogen-bond donors (Lipinski definition) is 3. The Morgan fingerprint density at radius 2 is 2.00 bits per heavy atom. The molecule has 4 heteroatoms. The average molecular weight is 246 g/mol. The van der Waals surface area contributed by atoms with E-state index in [9.17, 15) is 5.11 Å². The van der Waals surface area contributed by atoms with E-state index >= 15 is 0 Å². The molecule has 1 unspecified atom stereocenters. The summed E-state index contributed by atoms with van der Waals surface area (Å²) in [5.41, 5.74) is 4.01. The van der Waals surface area contributed by atoms with E-state index in [1.54, 1.807) is 6.08 Å². The summed E-state index contributed by atoms with van der Waals surface area (Å²) in [6, 6.07) is 5.89. The molecule has 0 spiro atoms. The lowest BCUT2D eigenvalue weighted by atomic mass is 10.0. The Morgan fingerprint density at radius 1 is 1.39 bits per heavy atom. The van der Waals surface area contributed by atoms with Crippen LogP contribution in [-0.2, 0) is 0 Å². The van der Waals surface area contributed by atoms with E-state index in [1.165, 1.54) is 6.08 Å². The van der Waals surface area contributed by atoms with Crippen molar-refractivity contribution in [3.63, 3.8) is 0 Å². The Hall–Kier alpha value is -1.83. The smallest absolute Gasteiger partial charge is 0.0942 e. The van der Waals surface area contributed by atoms with Gasteiger partial charge in [0.1, 0.15) is 0 Å². The van der Waals surface area contributed by atoms with Gasteiger partial charge in [0.25, 0.3) is 0 Å². The minimum absolute atomic E-state index is 0.256. The summed E-state index contributed by atoms with van der Waals surface area (Å²) in [6.07, 6.45) is 2.44. The van der Waals surface area contributed by atoms with Gasteiger partial charge in [-0.2, -0.15) is 5.26 Å². The second-order valence-electron chi connectivity index (χ2n) is 4.21. The van der Waals surface area contributed by atoms with E-state index in [-0.39, 0.29) is 6.61 Å². The van der Waals surface area contributed by atoms with Crippen LogP contribution in [0.3, 0.4) is 0 Å². The topological polar surface area (TPSA) is 76.3 Å². The highest BCUT2D eigenvalue weighted by atomic mass is 16.3. The number of aryl methyl sites for hydroxylation is 2. The second-order valence-corrected chi connectivity index (χ2v) is 4.21. The molecule has 96 valence electrons. The lowest BCUT2D eigenvalue weighted by Crippen LogP contribution is -2.23. The van der Waals surface area contributed by atoms with Crippen LogP contribution in [0.15, 0.2) is 18.2 Å². The maximum Gasteiger partial charge on any atom is 0.0942 e. The summed E-state index contributed by atoms with van der Waals surface area (Å²) >= 11 is 0. The lowest BCUT2D eigenvalue weighted by Gasteiger charge is -2.15. The largest absolute Gasteiger partial charge is 0.394 e. The molecule has 0 saturated heterocycles. The molecule has 4 nitrogen and oxygen atoms in total. The molecule has 0 amide bonds. The van der Waals surface area contributed by atoms with Gasteiger partial charge in [-0.15, -0.1) is 0 Å². The number of allylic oxidation sites excluding steroid dienone is 1. The van der Waals surface area contributed by atoms with Gasteiger partial charge in [-0.05, 0) is 48.7 Å². The molecule has 1 rings (SSSR count). The molecule has 0 aliphatic carbocycles. The first kappa shape index (κ1) is 14.2. The van der Waals surface area contributed by atoms with Crippen molar-refractivity contribution in [3.05, 3.63) is 34.9 Å². The SMILES string of the molecule is Cc1cc(C=CC#N)cc(C)c1NCC(O)CO. The molecule has 0 aliphatic rings. The van der Waals surface area contributed by atoms with Crippen LogP contribution in [0.25, 0.3) is 6.08 Å². The Labute approximate surface area is 107 Å². The van der Waals surface area contributed by atoms with Crippen molar-refractivity contribution in [2.24, 2.45) is 0 Å². The molecular formula is C14H18N2O2. The van der Waals surface area contributed by atoms with Crippen LogP contribution in [-0.4, -0.2) is 29.5 Å². The zero-order chi connectivity index (χ0) is 13.5. The third-order valence-corrected chi connectivity index (χ3v) is 2.63. The number of benzene rings is 1. The van der Waals surface area contributed by atoms with Crippen molar-refractivity contribution in [2.45, 2.75) is 20.0 Å². The highest BCUT2D eigenvalue weighted by Crippen LogP contribution is 2.22. The number of anilines is 1. The summed E-state index contributed by atoms with van der Waals surface area (Å²) in [4.78, 5) is 0. The normalized spacial score (nSPS) is 12.4. The first-order valence-electron chi connectivity index (χ1n) is 5.78. The van der Waals surface area contributed by atoms with Crippen LogP contribution in [0.5, 0.6) is 0 Å². The van der Waals surface area contributed by atoms with Gasteiger partial charge in [0.2, 0.25) is 0 Å². The van der Waals surface area contributed by atoms with Gasteiger partial charge in [0.05, 0.1) is 18.8 Å². The summed E-state index contributed by atoms with van der Waals surface area (Å²) < 4.78 is 0. The molecule has 0 aromatic heterocycles. The van der Waals surface area contributed by atoms with Crippen LogP contribution in [0.1, 0.15) is 16.7 Å². The van der Waals surface area contributed by atoms with Crippen molar-refractivity contribution in [1.29, 1.82) is 5.26 Å². The number of nitriles is 1. The maximum absolute atomic E-state index is 9.31. The highest BCUT2D eigenvalue weighted by Gasteiger charge is 2.06. The first-order chi connectivity index (χ1) is 8.58. The lowest BCUT2D eigenvalue weighted by molar-refractivity contribution is 0.105. The quantitative estimate of drug-likeness (QED) is 0.690. The average Bonchev–Trinajstić information content (AvgIpc) is 2.34. The van der Waals surface area contributed by atoms with E-state index in [0.29, 0.717) is 6.54 Å². The zero-order valence-corrected chi connectivity index (χ0v) is 10.6. The first-order valence-corrected chi connectivity index (χ1v) is 5.78. The maximum atomic E-state index is 9.31. The fourth-order valence-corrected chi connectivity index (χ4v) is 1.79. The van der Waals surface area contributed by atoms with Gasteiger partial charge in [-0.1, -0.05) is 0 Å².